The second kappa shape index (κ2) is 17.3. The van der Waals surface area contributed by atoms with Gasteiger partial charge in [-0.2, -0.15) is 0 Å². The van der Waals surface area contributed by atoms with Crippen molar-refractivity contribution in [2.24, 2.45) is 0 Å². The van der Waals surface area contributed by atoms with E-state index in [1.807, 2.05) is 31.3 Å². The monoisotopic (exact) mass is 905 g/mol. The number of benzene rings is 5. The fraction of sp³-hybridized carbons (Fsp3) is 0.280. The number of fused-ring (bicyclic) bond motifs is 1. The molecule has 0 amide bonds. The Hall–Kier alpha value is -4.83. The second-order valence-corrected chi connectivity index (χ2v) is 15.6. The van der Waals surface area contributed by atoms with E-state index < -0.39 is 0 Å². The predicted octanol–water partition coefficient (Wildman–Crippen LogP) is 13.5. The summed E-state index contributed by atoms with van der Waals surface area (Å²) in [7, 11) is 0. The van der Waals surface area contributed by atoms with Crippen LogP contribution in [-0.4, -0.2) is 19.6 Å². The molecule has 0 bridgehead atoms. The van der Waals surface area contributed by atoms with Crippen LogP contribution in [0.3, 0.4) is 0 Å². The van der Waals surface area contributed by atoms with Crippen LogP contribution >= 0.6 is 0 Å². The number of aromatic hydroxyl groups is 1. The van der Waals surface area contributed by atoms with Gasteiger partial charge in [0, 0.05) is 32.0 Å². The normalized spacial score (nSPS) is 11.2. The van der Waals surface area contributed by atoms with Gasteiger partial charge in [-0.15, -0.1) is 34.9 Å². The van der Waals surface area contributed by atoms with Crippen LogP contribution in [0.25, 0.3) is 50.2 Å². The average molecular weight is 905 g/mol. The van der Waals surface area contributed by atoms with Crippen LogP contribution in [0.2, 0.25) is 0 Å². The average Bonchev–Trinajstić information content (AvgIpc) is 3.43. The third-order valence-corrected chi connectivity index (χ3v) is 10.4. The maximum absolute atomic E-state index is 10.6. The zero-order valence-corrected chi connectivity index (χ0v) is 36.6. The number of phenolic OH excluding ortho intramolecular Hbond substituents is 1. The zero-order chi connectivity index (χ0) is 38.8. The Morgan fingerprint density at radius 2 is 1.27 bits per heavy atom. The standard InChI is InChI=1S/C29H32N2O.C21H22N.Ir/c1-18(2)25-16-23(22-12-8-7-9-13-22)17-26(19(3)4)28(25)31-21(6)20(5)30-29(31)24-14-10-11-15-27(24)32;1-13(2)19-12-17-6-7-22-21(20(17)11-16(19)5)18-9-14(3)8-15(4)10-18;/h7-19,32H,1-6H3;6-9,11-13H,1-5H3;/q;-1;. The van der Waals surface area contributed by atoms with Crippen LogP contribution in [0.15, 0.2) is 103 Å². The van der Waals surface area contributed by atoms with Gasteiger partial charge in [0.05, 0.1) is 16.9 Å². The van der Waals surface area contributed by atoms with Crippen molar-refractivity contribution in [3.8, 4) is 45.2 Å². The van der Waals surface area contributed by atoms with Crippen LogP contribution in [0.5, 0.6) is 5.75 Å². The van der Waals surface area contributed by atoms with Crippen molar-refractivity contribution in [1.29, 1.82) is 0 Å². The number of phenols is 1. The molecule has 1 radical (unpaired) electrons. The summed E-state index contributed by atoms with van der Waals surface area (Å²) in [5.41, 5.74) is 16.3. The zero-order valence-electron chi connectivity index (χ0n) is 34.2. The Bertz CT molecular complexity index is 2390. The van der Waals surface area contributed by atoms with Gasteiger partial charge in [0.2, 0.25) is 0 Å². The van der Waals surface area contributed by atoms with E-state index in [-0.39, 0.29) is 25.9 Å². The van der Waals surface area contributed by atoms with E-state index in [2.05, 4.69) is 158 Å². The smallest absolute Gasteiger partial charge is 0.148 e. The van der Waals surface area contributed by atoms with Gasteiger partial charge in [0.15, 0.2) is 0 Å². The largest absolute Gasteiger partial charge is 0.507 e. The summed E-state index contributed by atoms with van der Waals surface area (Å²) in [5, 5.41) is 13.1. The number of imidazole rings is 1. The van der Waals surface area contributed by atoms with Gasteiger partial charge in [0.1, 0.15) is 11.6 Å². The Labute approximate surface area is 342 Å². The molecule has 4 nitrogen and oxygen atoms in total. The molecule has 2 aromatic heterocycles. The van der Waals surface area contributed by atoms with Crippen molar-refractivity contribution in [3.05, 3.63) is 154 Å². The topological polar surface area (TPSA) is 50.9 Å². The summed E-state index contributed by atoms with van der Waals surface area (Å²) in [6.45, 7) is 24.0. The Morgan fingerprint density at radius 3 is 1.87 bits per heavy atom. The van der Waals surface area contributed by atoms with Crippen molar-refractivity contribution in [3.63, 3.8) is 0 Å². The molecule has 55 heavy (non-hydrogen) atoms. The summed E-state index contributed by atoms with van der Waals surface area (Å²) in [5.74, 6) is 2.22. The van der Waals surface area contributed by atoms with Crippen LogP contribution < -0.4 is 0 Å². The number of para-hydroxylation sites is 1. The van der Waals surface area contributed by atoms with Gasteiger partial charge in [-0.1, -0.05) is 110 Å². The second-order valence-electron chi connectivity index (χ2n) is 15.6. The van der Waals surface area contributed by atoms with Crippen LogP contribution in [0.4, 0.5) is 0 Å². The molecule has 1 N–H and O–H groups in total. The van der Waals surface area contributed by atoms with Gasteiger partial charge >= 0.3 is 0 Å². The van der Waals surface area contributed by atoms with E-state index in [0.717, 1.165) is 39.6 Å². The van der Waals surface area contributed by atoms with Gasteiger partial charge in [-0.3, -0.25) is 4.57 Å². The maximum Gasteiger partial charge on any atom is 0.148 e. The molecular formula is C50H54IrN3O-. The summed E-state index contributed by atoms with van der Waals surface area (Å²) in [6.07, 6.45) is 1.91. The van der Waals surface area contributed by atoms with Crippen LogP contribution in [-0.2, 0) is 20.1 Å². The molecular weight excluding hydrogens is 851 g/mol. The van der Waals surface area contributed by atoms with E-state index in [4.69, 9.17) is 4.98 Å². The summed E-state index contributed by atoms with van der Waals surface area (Å²) >= 11 is 0. The molecule has 7 aromatic rings. The number of hydrogen-bond donors (Lipinski definition) is 1. The molecule has 5 aromatic carbocycles. The third kappa shape index (κ3) is 8.69. The Kier molecular flexibility index (Phi) is 13.0. The fourth-order valence-corrected chi connectivity index (χ4v) is 7.55. The molecule has 0 saturated heterocycles. The maximum atomic E-state index is 10.6. The molecule has 0 aliphatic rings. The van der Waals surface area contributed by atoms with Crippen molar-refractivity contribution >= 4 is 10.8 Å². The molecule has 0 aliphatic heterocycles. The molecule has 7 rings (SSSR count). The van der Waals surface area contributed by atoms with Gasteiger partial charge < -0.3 is 10.1 Å². The van der Waals surface area contributed by atoms with Gasteiger partial charge in [0.25, 0.3) is 0 Å². The van der Waals surface area contributed by atoms with E-state index >= 15 is 0 Å². The van der Waals surface area contributed by atoms with Crippen molar-refractivity contribution in [2.75, 3.05) is 0 Å². The number of hydrogen-bond acceptors (Lipinski definition) is 3. The first-order valence-electron chi connectivity index (χ1n) is 19.2. The number of aryl methyl sites for hydroxylation is 4. The van der Waals surface area contributed by atoms with Crippen molar-refractivity contribution in [1.82, 2.24) is 14.5 Å². The summed E-state index contributed by atoms with van der Waals surface area (Å²) < 4.78 is 2.25. The first kappa shape index (κ1) is 41.3. The van der Waals surface area contributed by atoms with E-state index in [1.165, 1.54) is 55.4 Å². The van der Waals surface area contributed by atoms with E-state index in [1.54, 1.807) is 6.07 Å². The Morgan fingerprint density at radius 1 is 0.655 bits per heavy atom. The third-order valence-electron chi connectivity index (χ3n) is 10.4. The molecule has 2 heterocycles. The molecule has 0 aliphatic carbocycles. The van der Waals surface area contributed by atoms with E-state index in [0.29, 0.717) is 17.8 Å². The number of pyridine rings is 1. The van der Waals surface area contributed by atoms with Crippen LogP contribution in [0.1, 0.15) is 104 Å². The molecule has 0 spiro atoms. The minimum atomic E-state index is 0. The van der Waals surface area contributed by atoms with Gasteiger partial charge in [-0.05, 0) is 119 Å². The molecule has 285 valence electrons. The quantitative estimate of drug-likeness (QED) is 0.162. The molecule has 5 heteroatoms. The molecule has 0 unspecified atom stereocenters. The van der Waals surface area contributed by atoms with Crippen molar-refractivity contribution < 1.29 is 25.2 Å². The summed E-state index contributed by atoms with van der Waals surface area (Å²) in [6, 6.07) is 37.1. The van der Waals surface area contributed by atoms with Crippen LogP contribution in [0, 0.1) is 40.7 Å². The molecule has 0 atom stereocenters. The first-order chi connectivity index (χ1) is 25.7. The Balaban J connectivity index is 0.000000221. The molecule has 0 fully saturated rings. The predicted molar refractivity (Wildman–Crippen MR) is 228 cm³/mol. The van der Waals surface area contributed by atoms with Gasteiger partial charge in [-0.25, -0.2) is 4.98 Å². The minimum absolute atomic E-state index is 0. The fourth-order valence-electron chi connectivity index (χ4n) is 7.55. The SMILES string of the molecule is Cc1[c-]c(-c2nccc3cc(C(C)C)c(C)cc23)cc(C)c1.Cc1nc(-c2ccccc2O)n(-c2c(C(C)C)cc(-c3ccccc3)cc2C(C)C)c1C.[Ir]. The van der Waals surface area contributed by atoms with Crippen molar-refractivity contribution in [2.45, 2.75) is 93.9 Å². The molecule has 0 saturated carbocycles. The summed E-state index contributed by atoms with van der Waals surface area (Å²) in [4.78, 5) is 9.55. The number of nitrogens with zero attached hydrogens (tertiary/aromatic N) is 3. The first-order valence-corrected chi connectivity index (χ1v) is 19.2. The minimum Gasteiger partial charge on any atom is -0.507 e. The van der Waals surface area contributed by atoms with E-state index in [9.17, 15) is 5.11 Å². The number of rotatable bonds is 7. The number of aromatic nitrogens is 3.